The SMILES string of the molecule is O=C(Nc1ccc(Br)cc1C(F)(F)F)C1CNC1. The van der Waals surface area contributed by atoms with Crippen LogP contribution < -0.4 is 10.6 Å². The fraction of sp³-hybridized carbons (Fsp3) is 0.364. The monoisotopic (exact) mass is 322 g/mol. The lowest BCUT2D eigenvalue weighted by molar-refractivity contribution is -0.137. The topological polar surface area (TPSA) is 41.1 Å². The summed E-state index contributed by atoms with van der Waals surface area (Å²) >= 11 is 2.99. The molecule has 1 aliphatic rings. The summed E-state index contributed by atoms with van der Waals surface area (Å²) in [7, 11) is 0. The van der Waals surface area contributed by atoms with E-state index in [0.29, 0.717) is 17.6 Å². The van der Waals surface area contributed by atoms with E-state index in [2.05, 4.69) is 26.6 Å². The van der Waals surface area contributed by atoms with Crippen LogP contribution in [-0.2, 0) is 11.0 Å². The Morgan fingerprint density at radius 1 is 1.39 bits per heavy atom. The predicted octanol–water partition coefficient (Wildman–Crippen LogP) is 2.63. The van der Waals surface area contributed by atoms with Crippen molar-refractivity contribution in [3.8, 4) is 0 Å². The number of rotatable bonds is 2. The number of carbonyl (C=O) groups is 1. The maximum absolute atomic E-state index is 12.8. The highest BCUT2D eigenvalue weighted by Crippen LogP contribution is 2.36. The van der Waals surface area contributed by atoms with Crippen molar-refractivity contribution in [2.24, 2.45) is 5.92 Å². The van der Waals surface area contributed by atoms with Gasteiger partial charge in [0.1, 0.15) is 0 Å². The summed E-state index contributed by atoms with van der Waals surface area (Å²) in [5.74, 6) is -0.642. The van der Waals surface area contributed by atoms with Crippen LogP contribution in [0.4, 0.5) is 18.9 Å². The maximum Gasteiger partial charge on any atom is 0.418 e. The van der Waals surface area contributed by atoms with Gasteiger partial charge in [-0.1, -0.05) is 15.9 Å². The molecular weight excluding hydrogens is 313 g/mol. The van der Waals surface area contributed by atoms with E-state index in [-0.39, 0.29) is 17.5 Å². The van der Waals surface area contributed by atoms with Crippen LogP contribution in [0.25, 0.3) is 0 Å². The van der Waals surface area contributed by atoms with Gasteiger partial charge in [-0.05, 0) is 18.2 Å². The van der Waals surface area contributed by atoms with Crippen molar-refractivity contribution in [1.82, 2.24) is 5.32 Å². The second-order valence-electron chi connectivity index (χ2n) is 4.03. The fourth-order valence-electron chi connectivity index (χ4n) is 1.57. The van der Waals surface area contributed by atoms with Gasteiger partial charge in [0.2, 0.25) is 5.91 Å². The summed E-state index contributed by atoms with van der Waals surface area (Å²) in [6, 6.07) is 3.66. The Morgan fingerprint density at radius 2 is 2.06 bits per heavy atom. The van der Waals surface area contributed by atoms with E-state index in [0.717, 1.165) is 6.07 Å². The lowest BCUT2D eigenvalue weighted by atomic mass is 10.0. The Bertz CT molecular complexity index is 472. The smallest absolute Gasteiger partial charge is 0.325 e. The molecule has 2 rings (SSSR count). The average Bonchev–Trinajstić information content (AvgIpc) is 2.16. The molecule has 7 heteroatoms. The van der Waals surface area contributed by atoms with Crippen LogP contribution in [0.15, 0.2) is 22.7 Å². The first-order chi connectivity index (χ1) is 8.38. The van der Waals surface area contributed by atoms with Gasteiger partial charge in [0.25, 0.3) is 0 Å². The highest BCUT2D eigenvalue weighted by molar-refractivity contribution is 9.10. The number of hydrogen-bond acceptors (Lipinski definition) is 2. The van der Waals surface area contributed by atoms with Gasteiger partial charge in [0.05, 0.1) is 17.2 Å². The molecule has 0 saturated carbocycles. The Kier molecular flexibility index (Phi) is 3.63. The molecule has 3 nitrogen and oxygen atoms in total. The van der Waals surface area contributed by atoms with Crippen LogP contribution in [0.2, 0.25) is 0 Å². The van der Waals surface area contributed by atoms with Gasteiger partial charge >= 0.3 is 6.18 Å². The Morgan fingerprint density at radius 3 is 2.56 bits per heavy atom. The molecule has 1 heterocycles. The third-order valence-electron chi connectivity index (χ3n) is 2.70. The summed E-state index contributed by atoms with van der Waals surface area (Å²) in [6.07, 6.45) is -4.50. The van der Waals surface area contributed by atoms with Gasteiger partial charge in [-0.3, -0.25) is 4.79 Å². The molecular formula is C11H10BrF3N2O. The minimum Gasteiger partial charge on any atom is -0.325 e. The Hall–Kier alpha value is -1.08. The standard InChI is InChI=1S/C11H10BrF3N2O/c12-7-1-2-9(8(3-7)11(13,14)15)17-10(18)6-4-16-5-6/h1-3,6,16H,4-5H2,(H,17,18). The predicted molar refractivity (Wildman–Crippen MR) is 64.1 cm³/mol. The molecule has 1 aromatic carbocycles. The van der Waals surface area contributed by atoms with Crippen molar-refractivity contribution in [2.45, 2.75) is 6.18 Å². The second kappa shape index (κ2) is 4.89. The summed E-state index contributed by atoms with van der Waals surface area (Å²) in [5.41, 5.74) is -1.06. The quantitative estimate of drug-likeness (QED) is 0.878. The zero-order valence-electron chi connectivity index (χ0n) is 9.14. The highest BCUT2D eigenvalue weighted by Gasteiger charge is 2.35. The first-order valence-electron chi connectivity index (χ1n) is 5.26. The van der Waals surface area contributed by atoms with Crippen LogP contribution in [0.1, 0.15) is 5.56 Å². The molecule has 1 saturated heterocycles. The zero-order valence-corrected chi connectivity index (χ0v) is 10.7. The van der Waals surface area contributed by atoms with Crippen LogP contribution in [0, 0.1) is 5.92 Å². The molecule has 1 amide bonds. The van der Waals surface area contributed by atoms with Gasteiger partial charge in [-0.2, -0.15) is 13.2 Å². The van der Waals surface area contributed by atoms with E-state index in [9.17, 15) is 18.0 Å². The summed E-state index contributed by atoms with van der Waals surface area (Å²) in [5, 5.41) is 5.22. The van der Waals surface area contributed by atoms with E-state index in [4.69, 9.17) is 0 Å². The van der Waals surface area contributed by atoms with Crippen LogP contribution in [-0.4, -0.2) is 19.0 Å². The number of halogens is 4. The van der Waals surface area contributed by atoms with Gasteiger partial charge in [-0.25, -0.2) is 0 Å². The number of anilines is 1. The molecule has 1 aromatic rings. The van der Waals surface area contributed by atoms with E-state index >= 15 is 0 Å². The molecule has 0 unspecified atom stereocenters. The van der Waals surface area contributed by atoms with Gasteiger partial charge in [-0.15, -0.1) is 0 Å². The highest BCUT2D eigenvalue weighted by atomic mass is 79.9. The van der Waals surface area contributed by atoms with Crippen molar-refractivity contribution in [1.29, 1.82) is 0 Å². The molecule has 18 heavy (non-hydrogen) atoms. The third-order valence-corrected chi connectivity index (χ3v) is 3.19. The van der Waals surface area contributed by atoms with Crippen molar-refractivity contribution in [3.63, 3.8) is 0 Å². The van der Waals surface area contributed by atoms with E-state index in [1.54, 1.807) is 0 Å². The Labute approximate surface area is 110 Å². The molecule has 2 N–H and O–H groups in total. The number of benzene rings is 1. The molecule has 98 valence electrons. The van der Waals surface area contributed by atoms with Crippen LogP contribution in [0.3, 0.4) is 0 Å². The molecule has 1 aliphatic heterocycles. The summed E-state index contributed by atoms with van der Waals surface area (Å²) in [4.78, 5) is 11.6. The van der Waals surface area contributed by atoms with E-state index in [1.807, 2.05) is 0 Å². The minimum absolute atomic E-state index is 0.206. The average molecular weight is 323 g/mol. The molecule has 0 atom stereocenters. The molecule has 0 radical (unpaired) electrons. The van der Waals surface area contributed by atoms with E-state index in [1.165, 1.54) is 12.1 Å². The Balaban J connectivity index is 2.23. The number of nitrogens with one attached hydrogen (secondary N) is 2. The molecule has 0 bridgehead atoms. The van der Waals surface area contributed by atoms with Crippen molar-refractivity contribution < 1.29 is 18.0 Å². The van der Waals surface area contributed by atoms with E-state index < -0.39 is 11.7 Å². The van der Waals surface area contributed by atoms with Crippen LogP contribution in [0.5, 0.6) is 0 Å². The lowest BCUT2D eigenvalue weighted by Crippen LogP contribution is -2.48. The maximum atomic E-state index is 12.8. The van der Waals surface area contributed by atoms with Gasteiger partial charge in [0.15, 0.2) is 0 Å². The van der Waals surface area contributed by atoms with Crippen molar-refractivity contribution >= 4 is 27.5 Å². The van der Waals surface area contributed by atoms with Gasteiger partial charge in [0, 0.05) is 17.6 Å². The summed E-state index contributed by atoms with van der Waals surface area (Å²) in [6.45, 7) is 1.01. The molecule has 0 spiro atoms. The fourth-order valence-corrected chi connectivity index (χ4v) is 1.93. The van der Waals surface area contributed by atoms with Crippen LogP contribution >= 0.6 is 15.9 Å². The number of alkyl halides is 3. The van der Waals surface area contributed by atoms with Crippen molar-refractivity contribution in [2.75, 3.05) is 18.4 Å². The normalized spacial score (nSPS) is 16.2. The molecule has 0 aromatic heterocycles. The summed E-state index contributed by atoms with van der Waals surface area (Å²) < 4.78 is 38.7. The lowest BCUT2D eigenvalue weighted by Gasteiger charge is -2.26. The number of hydrogen-bond donors (Lipinski definition) is 2. The third kappa shape index (κ3) is 2.84. The van der Waals surface area contributed by atoms with Crippen molar-refractivity contribution in [3.05, 3.63) is 28.2 Å². The number of carbonyl (C=O) groups excluding carboxylic acids is 1. The minimum atomic E-state index is -4.50. The first kappa shape index (κ1) is 13.4. The van der Waals surface area contributed by atoms with Gasteiger partial charge < -0.3 is 10.6 Å². The number of amides is 1. The first-order valence-corrected chi connectivity index (χ1v) is 6.05. The molecule has 0 aliphatic carbocycles. The zero-order chi connectivity index (χ0) is 13.3. The molecule has 1 fully saturated rings. The largest absolute Gasteiger partial charge is 0.418 e. The second-order valence-corrected chi connectivity index (χ2v) is 4.95.